The van der Waals surface area contributed by atoms with E-state index in [1.807, 2.05) is 13.8 Å². The van der Waals surface area contributed by atoms with Crippen LogP contribution in [0.25, 0.3) is 0 Å². The molecule has 30 heavy (non-hydrogen) atoms. The molecule has 0 bridgehead atoms. The Morgan fingerprint density at radius 3 is 2.37 bits per heavy atom. The Bertz CT molecular complexity index is 881. The Morgan fingerprint density at radius 2 is 1.77 bits per heavy atom. The molecule has 1 saturated heterocycles. The van der Waals surface area contributed by atoms with Gasteiger partial charge in [0.15, 0.2) is 0 Å². The lowest BCUT2D eigenvalue weighted by molar-refractivity contribution is -0.124. The average Bonchev–Trinajstić information content (AvgIpc) is 2.71. The number of hydrogen-bond acceptors (Lipinski definition) is 5. The highest BCUT2D eigenvalue weighted by atomic mass is 32.2. The number of hydrazine groups is 1. The fraction of sp³-hybridized carbons (Fsp3) is 0.526. The largest absolute Gasteiger partial charge is 0.352 e. The lowest BCUT2D eigenvalue weighted by Gasteiger charge is -2.26. The minimum Gasteiger partial charge on any atom is -0.352 e. The molecule has 1 aromatic carbocycles. The molecule has 5 N–H and O–H groups in total. The first-order chi connectivity index (χ1) is 14.1. The molecule has 1 aliphatic rings. The van der Waals surface area contributed by atoms with E-state index in [9.17, 15) is 22.8 Å². The quantitative estimate of drug-likeness (QED) is 0.461. The molecule has 1 aromatic rings. The van der Waals surface area contributed by atoms with Crippen LogP contribution in [-0.4, -0.2) is 49.7 Å². The second-order valence-electron chi connectivity index (χ2n) is 7.63. The van der Waals surface area contributed by atoms with Crippen LogP contribution in [0.5, 0.6) is 0 Å². The van der Waals surface area contributed by atoms with Gasteiger partial charge in [-0.3, -0.25) is 20.4 Å². The van der Waals surface area contributed by atoms with Crippen molar-refractivity contribution in [2.24, 2.45) is 11.7 Å². The second-order valence-corrected chi connectivity index (χ2v) is 9.56. The summed E-state index contributed by atoms with van der Waals surface area (Å²) >= 11 is 0. The molecule has 1 aliphatic heterocycles. The van der Waals surface area contributed by atoms with Gasteiger partial charge in [0.05, 0.1) is 4.90 Å². The SMILES string of the molecule is CC(C)CC(NC(N)=O)C(=O)NNC(=O)c1cccc(S(=O)(=O)N2CCCCC2)c1. The number of hydrogen-bond donors (Lipinski definition) is 4. The maximum Gasteiger partial charge on any atom is 0.312 e. The predicted octanol–water partition coefficient (Wildman–Crippen LogP) is 0.705. The van der Waals surface area contributed by atoms with Crippen molar-refractivity contribution < 1.29 is 22.8 Å². The number of amides is 4. The molecule has 0 saturated carbocycles. The molecule has 1 unspecified atom stereocenters. The molecule has 10 nitrogen and oxygen atoms in total. The lowest BCUT2D eigenvalue weighted by Crippen LogP contribution is -2.53. The van der Waals surface area contributed by atoms with E-state index in [1.54, 1.807) is 0 Å². The Hall–Kier alpha value is -2.66. The number of piperidine rings is 1. The average molecular weight is 440 g/mol. The molecular weight excluding hydrogens is 410 g/mol. The summed E-state index contributed by atoms with van der Waals surface area (Å²) in [4.78, 5) is 35.8. The first-order valence-electron chi connectivity index (χ1n) is 9.87. The molecule has 2 rings (SSSR count). The van der Waals surface area contributed by atoms with Gasteiger partial charge >= 0.3 is 6.03 Å². The molecule has 166 valence electrons. The smallest absolute Gasteiger partial charge is 0.312 e. The number of nitrogens with one attached hydrogen (secondary N) is 3. The summed E-state index contributed by atoms with van der Waals surface area (Å²) < 4.78 is 27.0. The van der Waals surface area contributed by atoms with Crippen LogP contribution in [0.15, 0.2) is 29.2 Å². The number of carbonyl (C=O) groups excluding carboxylic acids is 3. The third-order valence-electron chi connectivity index (χ3n) is 4.69. The van der Waals surface area contributed by atoms with E-state index >= 15 is 0 Å². The maximum atomic E-state index is 12.8. The highest BCUT2D eigenvalue weighted by molar-refractivity contribution is 7.89. The Balaban J connectivity index is 2.06. The number of rotatable bonds is 7. The minimum absolute atomic E-state index is 0.0245. The fourth-order valence-electron chi connectivity index (χ4n) is 3.20. The molecule has 0 spiro atoms. The van der Waals surface area contributed by atoms with Gasteiger partial charge in [-0.15, -0.1) is 0 Å². The zero-order valence-corrected chi connectivity index (χ0v) is 18.0. The van der Waals surface area contributed by atoms with Crippen molar-refractivity contribution in [2.75, 3.05) is 13.1 Å². The van der Waals surface area contributed by atoms with Crippen LogP contribution in [0.4, 0.5) is 4.79 Å². The first-order valence-corrected chi connectivity index (χ1v) is 11.3. The summed E-state index contributed by atoms with van der Waals surface area (Å²) in [6.07, 6.45) is 2.94. The highest BCUT2D eigenvalue weighted by Gasteiger charge is 2.27. The molecule has 1 fully saturated rings. The molecule has 4 amide bonds. The zero-order valence-electron chi connectivity index (χ0n) is 17.2. The predicted molar refractivity (Wildman–Crippen MR) is 111 cm³/mol. The van der Waals surface area contributed by atoms with Crippen molar-refractivity contribution in [1.82, 2.24) is 20.5 Å². The molecule has 1 heterocycles. The monoisotopic (exact) mass is 439 g/mol. The van der Waals surface area contributed by atoms with Crippen LogP contribution < -0.4 is 21.9 Å². The third-order valence-corrected chi connectivity index (χ3v) is 6.58. The van der Waals surface area contributed by atoms with Gasteiger partial charge in [-0.25, -0.2) is 13.2 Å². The van der Waals surface area contributed by atoms with E-state index in [0.29, 0.717) is 19.5 Å². The Kier molecular flexibility index (Phi) is 8.18. The van der Waals surface area contributed by atoms with Crippen molar-refractivity contribution in [1.29, 1.82) is 0 Å². The van der Waals surface area contributed by atoms with Crippen LogP contribution >= 0.6 is 0 Å². The van der Waals surface area contributed by atoms with E-state index in [-0.39, 0.29) is 16.4 Å². The third kappa shape index (κ3) is 6.42. The Morgan fingerprint density at radius 1 is 1.10 bits per heavy atom. The standard InChI is InChI=1S/C19H29N5O5S/c1-13(2)11-16(21-19(20)27)18(26)23-22-17(25)14-7-6-8-15(12-14)30(28,29)24-9-4-3-5-10-24/h6-8,12-13,16H,3-5,9-11H2,1-2H3,(H,22,25)(H,23,26)(H3,20,21,27). The van der Waals surface area contributed by atoms with E-state index < -0.39 is 33.9 Å². The topological polar surface area (TPSA) is 151 Å². The van der Waals surface area contributed by atoms with Crippen LogP contribution in [0.3, 0.4) is 0 Å². The second kappa shape index (κ2) is 10.4. The molecule has 1 atom stereocenters. The van der Waals surface area contributed by atoms with E-state index in [4.69, 9.17) is 5.73 Å². The minimum atomic E-state index is -3.69. The molecule has 0 radical (unpaired) electrons. The summed E-state index contributed by atoms with van der Waals surface area (Å²) in [5, 5.41) is 2.33. The molecule has 11 heteroatoms. The van der Waals surface area contributed by atoms with Crippen molar-refractivity contribution >= 4 is 27.9 Å². The number of urea groups is 1. The normalized spacial score (nSPS) is 16.0. The van der Waals surface area contributed by atoms with Gasteiger partial charge in [0, 0.05) is 18.7 Å². The number of sulfonamides is 1. The molecular formula is C19H29N5O5S. The van der Waals surface area contributed by atoms with Crippen molar-refractivity contribution in [3.8, 4) is 0 Å². The van der Waals surface area contributed by atoms with Crippen molar-refractivity contribution in [3.05, 3.63) is 29.8 Å². The van der Waals surface area contributed by atoms with Gasteiger partial charge in [0.1, 0.15) is 6.04 Å². The van der Waals surface area contributed by atoms with Gasteiger partial charge in [0.25, 0.3) is 11.8 Å². The van der Waals surface area contributed by atoms with Crippen LogP contribution in [0.2, 0.25) is 0 Å². The summed E-state index contributed by atoms with van der Waals surface area (Å²) in [5.74, 6) is -1.21. The van der Waals surface area contributed by atoms with E-state index in [0.717, 1.165) is 19.3 Å². The van der Waals surface area contributed by atoms with Crippen LogP contribution in [0, 0.1) is 5.92 Å². The van der Waals surface area contributed by atoms with Gasteiger partial charge < -0.3 is 11.1 Å². The molecule has 0 aromatic heterocycles. The maximum absolute atomic E-state index is 12.8. The number of nitrogens with zero attached hydrogens (tertiary/aromatic N) is 1. The van der Waals surface area contributed by atoms with Crippen molar-refractivity contribution in [3.63, 3.8) is 0 Å². The first kappa shape index (κ1) is 23.6. The van der Waals surface area contributed by atoms with Gasteiger partial charge in [-0.2, -0.15) is 4.31 Å². The van der Waals surface area contributed by atoms with E-state index in [2.05, 4.69) is 16.2 Å². The summed E-state index contributed by atoms with van der Waals surface area (Å²) in [7, 11) is -3.69. The number of nitrogens with two attached hydrogens (primary N) is 1. The highest BCUT2D eigenvalue weighted by Crippen LogP contribution is 2.21. The summed E-state index contributed by atoms with van der Waals surface area (Å²) in [6, 6.07) is 3.88. The van der Waals surface area contributed by atoms with Gasteiger partial charge in [0.2, 0.25) is 10.0 Å². The van der Waals surface area contributed by atoms with Crippen LogP contribution in [-0.2, 0) is 14.8 Å². The van der Waals surface area contributed by atoms with Crippen molar-refractivity contribution in [2.45, 2.75) is 50.5 Å². The Labute approximate surface area is 176 Å². The number of primary amides is 1. The summed E-state index contributed by atoms with van der Waals surface area (Å²) in [5.41, 5.74) is 9.66. The molecule has 0 aliphatic carbocycles. The van der Waals surface area contributed by atoms with Crippen LogP contribution in [0.1, 0.15) is 49.9 Å². The van der Waals surface area contributed by atoms with E-state index in [1.165, 1.54) is 28.6 Å². The number of carbonyl (C=O) groups is 3. The summed E-state index contributed by atoms with van der Waals surface area (Å²) in [6.45, 7) is 4.66. The zero-order chi connectivity index (χ0) is 22.3. The lowest BCUT2D eigenvalue weighted by atomic mass is 10.0. The number of benzene rings is 1. The fourth-order valence-corrected chi connectivity index (χ4v) is 4.77. The van der Waals surface area contributed by atoms with Gasteiger partial charge in [-0.1, -0.05) is 26.3 Å². The van der Waals surface area contributed by atoms with Gasteiger partial charge in [-0.05, 0) is 43.4 Å².